The van der Waals surface area contributed by atoms with E-state index in [4.69, 9.17) is 9.47 Å². The molecule has 0 radical (unpaired) electrons. The second-order valence-electron chi connectivity index (χ2n) is 7.82. The molecule has 3 N–H and O–H groups in total. The maximum Gasteiger partial charge on any atom is 0.150 e. The van der Waals surface area contributed by atoms with E-state index in [0.717, 1.165) is 0 Å². The Morgan fingerprint density at radius 2 is 2.03 bits per heavy atom. The van der Waals surface area contributed by atoms with E-state index in [0.29, 0.717) is 28.3 Å². The third kappa shape index (κ3) is 5.24. The van der Waals surface area contributed by atoms with Gasteiger partial charge in [0.1, 0.15) is 41.7 Å². The molecule has 1 fully saturated rings. The van der Waals surface area contributed by atoms with Crippen LogP contribution in [0.2, 0.25) is 0 Å². The largest absolute Gasteiger partial charge is 0.485 e. The number of imidazole rings is 1. The molecule has 0 amide bonds. The summed E-state index contributed by atoms with van der Waals surface area (Å²) in [4.78, 5) is 4.10. The van der Waals surface area contributed by atoms with E-state index in [1.165, 1.54) is 6.07 Å². The Morgan fingerprint density at radius 3 is 2.67 bits per heavy atom. The van der Waals surface area contributed by atoms with Crippen LogP contribution in [0.1, 0.15) is 30.5 Å². The number of hydrogen-bond acceptors (Lipinski definition) is 6. The molecule has 33 heavy (non-hydrogen) atoms. The van der Waals surface area contributed by atoms with Crippen molar-refractivity contribution in [3.63, 3.8) is 0 Å². The number of nitrogens with zero attached hydrogens (tertiary/aromatic N) is 2. The summed E-state index contributed by atoms with van der Waals surface area (Å²) in [6.07, 6.45) is 1.21. The van der Waals surface area contributed by atoms with Gasteiger partial charge in [-0.1, -0.05) is 24.0 Å². The van der Waals surface area contributed by atoms with E-state index in [-0.39, 0.29) is 19.8 Å². The summed E-state index contributed by atoms with van der Waals surface area (Å²) in [5, 5.41) is 29.3. The van der Waals surface area contributed by atoms with Crippen LogP contribution in [-0.2, 0) is 4.74 Å². The van der Waals surface area contributed by atoms with E-state index < -0.39 is 30.2 Å². The lowest BCUT2D eigenvalue weighted by molar-refractivity contribution is 0.0731. The summed E-state index contributed by atoms with van der Waals surface area (Å²) >= 11 is 0. The quantitative estimate of drug-likeness (QED) is 0.498. The Hall–Kier alpha value is -3.22. The zero-order valence-electron chi connectivity index (χ0n) is 18.1. The Morgan fingerprint density at radius 1 is 1.24 bits per heavy atom. The molecular formula is C25H25FN2O5. The Labute approximate surface area is 191 Å². The normalized spacial score (nSPS) is 19.5. The molecule has 3 aromatic rings. The SMILES string of the molecule is C[C@H](O)c1nccn1[C@@H](C#Cc1ccc(-c2ccc(OC3COCC3O)cc2F)cc1)CO. The van der Waals surface area contributed by atoms with Crippen molar-refractivity contribution in [1.82, 2.24) is 9.55 Å². The van der Waals surface area contributed by atoms with E-state index in [1.54, 1.807) is 60.3 Å². The average molecular weight is 452 g/mol. The Kier molecular flexibility index (Phi) is 7.06. The predicted molar refractivity (Wildman–Crippen MR) is 119 cm³/mol. The van der Waals surface area contributed by atoms with Gasteiger partial charge in [-0.3, -0.25) is 0 Å². The van der Waals surface area contributed by atoms with Crippen LogP contribution in [0.15, 0.2) is 54.9 Å². The summed E-state index contributed by atoms with van der Waals surface area (Å²) in [7, 11) is 0. The summed E-state index contributed by atoms with van der Waals surface area (Å²) < 4.78 is 27.1. The first-order valence-corrected chi connectivity index (χ1v) is 10.6. The number of hydrogen-bond donors (Lipinski definition) is 3. The monoisotopic (exact) mass is 452 g/mol. The highest BCUT2D eigenvalue weighted by Gasteiger charge is 2.28. The van der Waals surface area contributed by atoms with E-state index in [9.17, 15) is 19.7 Å². The van der Waals surface area contributed by atoms with E-state index >= 15 is 0 Å². The molecule has 1 saturated heterocycles. The molecule has 2 unspecified atom stereocenters. The molecule has 1 aromatic heterocycles. The van der Waals surface area contributed by atoms with Gasteiger partial charge in [0.15, 0.2) is 0 Å². The van der Waals surface area contributed by atoms with Crippen LogP contribution in [0.5, 0.6) is 5.75 Å². The van der Waals surface area contributed by atoms with Crippen LogP contribution in [0.25, 0.3) is 11.1 Å². The molecule has 7 nitrogen and oxygen atoms in total. The molecule has 1 aliphatic heterocycles. The van der Waals surface area contributed by atoms with Crippen LogP contribution < -0.4 is 4.74 Å². The summed E-state index contributed by atoms with van der Waals surface area (Å²) in [6, 6.07) is 11.1. The smallest absolute Gasteiger partial charge is 0.150 e. The maximum absolute atomic E-state index is 14.7. The van der Waals surface area contributed by atoms with Gasteiger partial charge in [0.05, 0.1) is 19.8 Å². The van der Waals surface area contributed by atoms with Crippen LogP contribution in [0, 0.1) is 17.7 Å². The lowest BCUT2D eigenvalue weighted by Gasteiger charge is -2.16. The molecule has 8 heteroatoms. The molecule has 2 aromatic carbocycles. The molecule has 0 aliphatic carbocycles. The van der Waals surface area contributed by atoms with Gasteiger partial charge < -0.3 is 29.4 Å². The summed E-state index contributed by atoms with van der Waals surface area (Å²) in [5.41, 5.74) is 1.79. The standard InChI is InChI=1S/C25H25FN2O5/c1-16(30)25-27-10-11-28(25)19(13-29)7-4-17-2-5-18(6-3-17)21-9-8-20(12-22(21)26)33-24-15-32-14-23(24)31/h2-3,5-6,8-12,16,19,23-24,29-31H,13-15H2,1H3/t16-,19-,23?,24?/m0/s1. The minimum absolute atomic E-state index is 0.212. The maximum atomic E-state index is 14.7. The van der Waals surface area contributed by atoms with Gasteiger partial charge in [-0.15, -0.1) is 0 Å². The van der Waals surface area contributed by atoms with Gasteiger partial charge in [-0.25, -0.2) is 9.37 Å². The van der Waals surface area contributed by atoms with Crippen molar-refractivity contribution in [3.05, 3.63) is 72.1 Å². The molecule has 2 heterocycles. The summed E-state index contributed by atoms with van der Waals surface area (Å²) in [5.74, 6) is 6.32. The highest BCUT2D eigenvalue weighted by molar-refractivity contribution is 5.66. The number of aliphatic hydroxyl groups excluding tert-OH is 3. The lowest BCUT2D eigenvalue weighted by atomic mass is 10.0. The molecule has 4 rings (SSSR count). The molecular weight excluding hydrogens is 427 g/mol. The van der Waals surface area contributed by atoms with Crippen molar-refractivity contribution in [1.29, 1.82) is 0 Å². The van der Waals surface area contributed by atoms with Crippen molar-refractivity contribution >= 4 is 0 Å². The van der Waals surface area contributed by atoms with Crippen LogP contribution in [0.4, 0.5) is 4.39 Å². The van der Waals surface area contributed by atoms with Gasteiger partial charge in [-0.05, 0) is 36.8 Å². The lowest BCUT2D eigenvalue weighted by Crippen LogP contribution is -2.29. The number of benzene rings is 2. The van der Waals surface area contributed by atoms with Gasteiger partial charge in [0.25, 0.3) is 0 Å². The predicted octanol–water partition coefficient (Wildman–Crippen LogP) is 2.47. The first kappa shape index (κ1) is 23.0. The summed E-state index contributed by atoms with van der Waals surface area (Å²) in [6.45, 7) is 1.85. The number of rotatable bonds is 6. The Balaban J connectivity index is 1.48. The first-order valence-electron chi connectivity index (χ1n) is 10.6. The van der Waals surface area contributed by atoms with Crippen LogP contribution >= 0.6 is 0 Å². The molecule has 0 bridgehead atoms. The van der Waals surface area contributed by atoms with Crippen LogP contribution in [-0.4, -0.2) is 56.9 Å². The van der Waals surface area contributed by atoms with Crippen molar-refractivity contribution in [3.8, 4) is 28.7 Å². The fourth-order valence-corrected chi connectivity index (χ4v) is 3.63. The van der Waals surface area contributed by atoms with Crippen molar-refractivity contribution in [2.24, 2.45) is 0 Å². The molecule has 0 saturated carbocycles. The second-order valence-corrected chi connectivity index (χ2v) is 7.82. The highest BCUT2D eigenvalue weighted by Crippen LogP contribution is 2.28. The molecule has 0 spiro atoms. The molecule has 4 atom stereocenters. The van der Waals surface area contributed by atoms with Gasteiger partial charge in [-0.2, -0.15) is 0 Å². The minimum atomic E-state index is -0.779. The zero-order chi connectivity index (χ0) is 23.4. The van der Waals surface area contributed by atoms with Gasteiger partial charge in [0, 0.05) is 29.6 Å². The minimum Gasteiger partial charge on any atom is -0.485 e. The fourth-order valence-electron chi connectivity index (χ4n) is 3.63. The van der Waals surface area contributed by atoms with Crippen molar-refractivity contribution < 1.29 is 29.2 Å². The number of ether oxygens (including phenoxy) is 2. The van der Waals surface area contributed by atoms with Crippen molar-refractivity contribution in [2.75, 3.05) is 19.8 Å². The van der Waals surface area contributed by atoms with Gasteiger partial charge >= 0.3 is 0 Å². The number of aromatic nitrogens is 2. The third-order valence-corrected chi connectivity index (χ3v) is 5.39. The average Bonchev–Trinajstić information content (AvgIpc) is 3.45. The van der Waals surface area contributed by atoms with E-state index in [2.05, 4.69) is 16.8 Å². The van der Waals surface area contributed by atoms with Gasteiger partial charge in [0.2, 0.25) is 0 Å². The highest BCUT2D eigenvalue weighted by atomic mass is 19.1. The number of aliphatic hydroxyl groups is 3. The Bertz CT molecular complexity index is 1150. The van der Waals surface area contributed by atoms with Crippen molar-refractivity contribution in [2.45, 2.75) is 31.3 Å². The first-order chi connectivity index (χ1) is 16.0. The fraction of sp³-hybridized carbons (Fsp3) is 0.320. The van der Waals surface area contributed by atoms with Crippen LogP contribution in [0.3, 0.4) is 0 Å². The zero-order valence-corrected chi connectivity index (χ0v) is 18.1. The number of halogens is 1. The molecule has 1 aliphatic rings. The molecule has 172 valence electrons. The topological polar surface area (TPSA) is 97.0 Å². The third-order valence-electron chi connectivity index (χ3n) is 5.39. The second kappa shape index (κ2) is 10.1. The van der Waals surface area contributed by atoms with E-state index in [1.807, 2.05) is 0 Å².